The van der Waals surface area contributed by atoms with Crippen molar-refractivity contribution >= 4 is 29.4 Å². The summed E-state index contributed by atoms with van der Waals surface area (Å²) in [5, 5.41) is 10.3. The lowest BCUT2D eigenvalue weighted by molar-refractivity contribution is -0.121. The molecule has 0 radical (unpaired) electrons. The number of benzene rings is 2. The summed E-state index contributed by atoms with van der Waals surface area (Å²) in [6.45, 7) is 0. The van der Waals surface area contributed by atoms with E-state index in [9.17, 15) is 14.4 Å². The average molecular weight is 376 g/mol. The fraction of sp³-hybridized carbons (Fsp3) is 0.150. The van der Waals surface area contributed by atoms with Crippen LogP contribution in [0.4, 0.5) is 11.7 Å². The van der Waals surface area contributed by atoms with Crippen LogP contribution in [-0.4, -0.2) is 27.9 Å². The van der Waals surface area contributed by atoms with Crippen molar-refractivity contribution in [2.45, 2.75) is 19.3 Å². The lowest BCUT2D eigenvalue weighted by atomic mass is 10.2. The number of nitrogens with one attached hydrogen (secondary N) is 1. The summed E-state index contributed by atoms with van der Waals surface area (Å²) in [6, 6.07) is 15.8. The molecule has 1 aromatic heterocycles. The van der Waals surface area contributed by atoms with Gasteiger partial charge in [0.05, 0.1) is 12.1 Å². The first kappa shape index (κ1) is 17.6. The van der Waals surface area contributed by atoms with E-state index in [-0.39, 0.29) is 30.7 Å². The maximum atomic E-state index is 12.4. The van der Waals surface area contributed by atoms with Gasteiger partial charge >= 0.3 is 6.01 Å². The van der Waals surface area contributed by atoms with Crippen LogP contribution in [-0.2, 0) is 16.0 Å². The van der Waals surface area contributed by atoms with Gasteiger partial charge in [-0.05, 0) is 29.8 Å². The zero-order valence-electron chi connectivity index (χ0n) is 14.8. The number of rotatable bonds is 5. The van der Waals surface area contributed by atoms with Crippen LogP contribution in [0.15, 0.2) is 59.0 Å². The highest BCUT2D eigenvalue weighted by atomic mass is 16.4. The van der Waals surface area contributed by atoms with Crippen LogP contribution >= 0.6 is 0 Å². The quantitative estimate of drug-likeness (QED) is 0.686. The second-order valence-corrected chi connectivity index (χ2v) is 6.29. The fourth-order valence-electron chi connectivity index (χ4n) is 2.94. The van der Waals surface area contributed by atoms with Crippen molar-refractivity contribution in [3.8, 4) is 0 Å². The summed E-state index contributed by atoms with van der Waals surface area (Å²) in [5.41, 5.74) is 1.81. The highest BCUT2D eigenvalue weighted by Crippen LogP contribution is 2.23. The van der Waals surface area contributed by atoms with Gasteiger partial charge in [-0.1, -0.05) is 35.4 Å². The summed E-state index contributed by atoms with van der Waals surface area (Å²) in [6.07, 6.45) is 0.892. The van der Waals surface area contributed by atoms with E-state index in [1.807, 2.05) is 30.3 Å². The van der Waals surface area contributed by atoms with Crippen LogP contribution in [0.2, 0.25) is 0 Å². The minimum absolute atomic E-state index is 0.00454. The van der Waals surface area contributed by atoms with Gasteiger partial charge in [0.1, 0.15) is 0 Å². The molecule has 0 bridgehead atoms. The SMILES string of the molecule is O=C(Nc1nnc(Cc2ccccc2)o1)c1ccc(N2C(=O)CCC2=O)cc1. The first-order chi connectivity index (χ1) is 13.6. The normalized spacial score (nSPS) is 13.8. The van der Waals surface area contributed by atoms with Gasteiger partial charge in [0, 0.05) is 18.4 Å². The third kappa shape index (κ3) is 3.66. The number of carbonyl (C=O) groups excluding carboxylic acids is 3. The number of carbonyl (C=O) groups is 3. The van der Waals surface area contributed by atoms with Gasteiger partial charge in [0.15, 0.2) is 0 Å². The Hall–Kier alpha value is -3.81. The highest BCUT2D eigenvalue weighted by Gasteiger charge is 2.30. The van der Waals surface area contributed by atoms with Crippen LogP contribution < -0.4 is 10.2 Å². The van der Waals surface area contributed by atoms with Crippen LogP contribution in [0.3, 0.4) is 0 Å². The molecule has 0 aliphatic carbocycles. The van der Waals surface area contributed by atoms with Gasteiger partial charge in [-0.25, -0.2) is 0 Å². The van der Waals surface area contributed by atoms with E-state index in [4.69, 9.17) is 4.42 Å². The number of imide groups is 1. The van der Waals surface area contributed by atoms with E-state index in [0.29, 0.717) is 23.6 Å². The summed E-state index contributed by atoms with van der Waals surface area (Å²) < 4.78 is 5.46. The van der Waals surface area contributed by atoms with Crippen molar-refractivity contribution in [2.75, 3.05) is 10.2 Å². The molecule has 1 aliphatic rings. The number of hydrogen-bond donors (Lipinski definition) is 1. The summed E-state index contributed by atoms with van der Waals surface area (Å²) in [5.74, 6) is -0.513. The van der Waals surface area contributed by atoms with Crippen LogP contribution in [0.5, 0.6) is 0 Å². The zero-order valence-corrected chi connectivity index (χ0v) is 14.8. The minimum Gasteiger partial charge on any atom is -0.407 e. The van der Waals surface area contributed by atoms with Gasteiger partial charge in [0.25, 0.3) is 5.91 Å². The first-order valence-corrected chi connectivity index (χ1v) is 8.73. The molecule has 8 nitrogen and oxygen atoms in total. The lowest BCUT2D eigenvalue weighted by Crippen LogP contribution is -2.28. The molecule has 2 heterocycles. The van der Waals surface area contributed by atoms with Crippen molar-refractivity contribution in [1.82, 2.24) is 10.2 Å². The molecule has 1 aliphatic heterocycles. The molecule has 1 N–H and O–H groups in total. The maximum absolute atomic E-state index is 12.4. The molecule has 28 heavy (non-hydrogen) atoms. The van der Waals surface area contributed by atoms with E-state index in [2.05, 4.69) is 15.5 Å². The largest absolute Gasteiger partial charge is 0.407 e. The summed E-state index contributed by atoms with van der Waals surface area (Å²) in [7, 11) is 0. The van der Waals surface area contributed by atoms with Gasteiger partial charge < -0.3 is 4.42 Å². The minimum atomic E-state index is -0.430. The second-order valence-electron chi connectivity index (χ2n) is 6.29. The number of aromatic nitrogens is 2. The van der Waals surface area contributed by atoms with Gasteiger partial charge in [0.2, 0.25) is 17.7 Å². The Morgan fingerprint density at radius 2 is 1.64 bits per heavy atom. The summed E-state index contributed by atoms with van der Waals surface area (Å²) >= 11 is 0. The third-order valence-corrected chi connectivity index (χ3v) is 4.32. The first-order valence-electron chi connectivity index (χ1n) is 8.73. The molecule has 3 aromatic rings. The number of hydrogen-bond acceptors (Lipinski definition) is 6. The molecule has 2 aromatic carbocycles. The molecule has 0 spiro atoms. The molecule has 1 fully saturated rings. The molecular weight excluding hydrogens is 360 g/mol. The fourth-order valence-corrected chi connectivity index (χ4v) is 2.94. The molecule has 140 valence electrons. The number of amides is 3. The number of anilines is 2. The Labute approximate surface area is 160 Å². The zero-order chi connectivity index (χ0) is 19.5. The molecule has 1 saturated heterocycles. The molecule has 0 unspecified atom stereocenters. The standard InChI is InChI=1S/C20H16N4O4/c25-17-10-11-18(26)24(17)15-8-6-14(7-9-15)19(27)21-20-23-22-16(28-20)12-13-4-2-1-3-5-13/h1-9H,10-12H2,(H,21,23,27). The Morgan fingerprint density at radius 1 is 0.964 bits per heavy atom. The molecule has 0 atom stereocenters. The van der Waals surface area contributed by atoms with Crippen LogP contribution in [0, 0.1) is 0 Å². The predicted octanol–water partition coefficient (Wildman–Crippen LogP) is 2.57. The van der Waals surface area contributed by atoms with Crippen molar-refractivity contribution < 1.29 is 18.8 Å². The monoisotopic (exact) mass is 376 g/mol. The Morgan fingerprint density at radius 3 is 2.32 bits per heavy atom. The van der Waals surface area contributed by atoms with Crippen molar-refractivity contribution in [3.63, 3.8) is 0 Å². The Kier molecular flexibility index (Phi) is 4.67. The van der Waals surface area contributed by atoms with Crippen molar-refractivity contribution in [3.05, 3.63) is 71.6 Å². The van der Waals surface area contributed by atoms with Crippen LogP contribution in [0.25, 0.3) is 0 Å². The van der Waals surface area contributed by atoms with E-state index < -0.39 is 5.91 Å². The predicted molar refractivity (Wildman–Crippen MR) is 99.7 cm³/mol. The highest BCUT2D eigenvalue weighted by molar-refractivity contribution is 6.20. The number of nitrogens with zero attached hydrogens (tertiary/aromatic N) is 3. The second kappa shape index (κ2) is 7.43. The van der Waals surface area contributed by atoms with E-state index >= 15 is 0 Å². The van der Waals surface area contributed by atoms with E-state index in [0.717, 1.165) is 10.5 Å². The smallest absolute Gasteiger partial charge is 0.322 e. The average Bonchev–Trinajstić information content (AvgIpc) is 3.28. The van der Waals surface area contributed by atoms with Crippen molar-refractivity contribution in [1.29, 1.82) is 0 Å². The molecule has 0 saturated carbocycles. The summed E-state index contributed by atoms with van der Waals surface area (Å²) in [4.78, 5) is 37.0. The van der Waals surface area contributed by atoms with Crippen molar-refractivity contribution in [2.24, 2.45) is 0 Å². The molecule has 3 amide bonds. The van der Waals surface area contributed by atoms with Crippen LogP contribution in [0.1, 0.15) is 34.7 Å². The topological polar surface area (TPSA) is 105 Å². The molecular formula is C20H16N4O4. The third-order valence-electron chi connectivity index (χ3n) is 4.32. The van der Waals surface area contributed by atoms with Gasteiger partial charge in [-0.15, -0.1) is 5.10 Å². The molecule has 4 rings (SSSR count). The molecule has 8 heteroatoms. The van der Waals surface area contributed by atoms with E-state index in [1.165, 1.54) is 12.1 Å². The lowest BCUT2D eigenvalue weighted by Gasteiger charge is -2.13. The Bertz CT molecular complexity index is 1010. The van der Waals surface area contributed by atoms with Gasteiger partial charge in [-0.2, -0.15) is 0 Å². The Balaban J connectivity index is 1.41. The van der Waals surface area contributed by atoms with Gasteiger partial charge in [-0.3, -0.25) is 24.6 Å². The maximum Gasteiger partial charge on any atom is 0.322 e. The van der Waals surface area contributed by atoms with E-state index in [1.54, 1.807) is 12.1 Å².